The summed E-state index contributed by atoms with van der Waals surface area (Å²) < 4.78 is 12.2. The van der Waals surface area contributed by atoms with Crippen LogP contribution in [0.1, 0.15) is 51.3 Å². The van der Waals surface area contributed by atoms with Gasteiger partial charge in [-0.1, -0.05) is 18.2 Å². The number of carbonyl (C=O) groups is 1. The van der Waals surface area contributed by atoms with Crippen LogP contribution in [0.5, 0.6) is 0 Å². The molecule has 1 heterocycles. The van der Waals surface area contributed by atoms with Gasteiger partial charge >= 0.3 is 7.12 Å². The fourth-order valence-corrected chi connectivity index (χ4v) is 2.49. The number of benzene rings is 1. The van der Waals surface area contributed by atoms with Crippen LogP contribution in [0.3, 0.4) is 0 Å². The summed E-state index contributed by atoms with van der Waals surface area (Å²) in [5.74, 6) is -0.121. The maximum atomic E-state index is 11.4. The normalized spacial score (nSPS) is 18.8. The van der Waals surface area contributed by atoms with Crippen LogP contribution in [-0.4, -0.2) is 30.8 Å². The number of nitrogens with zero attached hydrogens (tertiary/aromatic N) is 1. The zero-order valence-electron chi connectivity index (χ0n) is 15.8. The Bertz CT molecular complexity index is 732. The van der Waals surface area contributed by atoms with Crippen molar-refractivity contribution in [1.29, 1.82) is 5.26 Å². The molecule has 2 rings (SSSR count). The second kappa shape index (κ2) is 7.03. The Morgan fingerprint density at radius 3 is 2.40 bits per heavy atom. The summed E-state index contributed by atoms with van der Waals surface area (Å²) in [6.07, 6.45) is 1.92. The van der Waals surface area contributed by atoms with E-state index >= 15 is 0 Å². The summed E-state index contributed by atoms with van der Waals surface area (Å²) in [6, 6.07) is 7.87. The van der Waals surface area contributed by atoms with E-state index < -0.39 is 18.3 Å². The van der Waals surface area contributed by atoms with Gasteiger partial charge in [0.25, 0.3) is 0 Å². The molecule has 1 aromatic carbocycles. The minimum absolute atomic E-state index is 0.121. The van der Waals surface area contributed by atoms with E-state index in [2.05, 4.69) is 11.4 Å². The number of hydrogen-bond donors (Lipinski definition) is 1. The molecule has 0 aromatic heterocycles. The van der Waals surface area contributed by atoms with Gasteiger partial charge in [0.2, 0.25) is 5.91 Å². The molecule has 25 heavy (non-hydrogen) atoms. The van der Waals surface area contributed by atoms with Crippen LogP contribution in [-0.2, 0) is 14.1 Å². The van der Waals surface area contributed by atoms with Crippen molar-refractivity contribution < 1.29 is 14.1 Å². The van der Waals surface area contributed by atoms with Gasteiger partial charge in [0.15, 0.2) is 0 Å². The molecule has 0 atom stereocenters. The van der Waals surface area contributed by atoms with E-state index in [4.69, 9.17) is 9.31 Å². The highest BCUT2D eigenvalue weighted by Gasteiger charge is 2.52. The zero-order valence-corrected chi connectivity index (χ0v) is 15.8. The van der Waals surface area contributed by atoms with Crippen molar-refractivity contribution >= 4 is 19.1 Å². The highest BCUT2D eigenvalue weighted by molar-refractivity contribution is 6.56. The first-order valence-corrected chi connectivity index (χ1v) is 8.37. The average molecular weight is 340 g/mol. The smallest absolute Gasteiger partial charge is 0.400 e. The fraction of sp³-hybridized carbons (Fsp3) is 0.474. The first-order valence-electron chi connectivity index (χ1n) is 8.37. The number of rotatable bonds is 4. The summed E-state index contributed by atoms with van der Waals surface area (Å²) in [5, 5.41) is 12.0. The third-order valence-corrected chi connectivity index (χ3v) is 4.83. The molecular weight excluding hydrogens is 315 g/mol. The highest BCUT2D eigenvalue weighted by Crippen LogP contribution is 2.38. The molecule has 1 N–H and O–H groups in total. The lowest BCUT2D eigenvalue weighted by Gasteiger charge is -2.32. The topological polar surface area (TPSA) is 71.4 Å². The van der Waals surface area contributed by atoms with Gasteiger partial charge < -0.3 is 14.6 Å². The van der Waals surface area contributed by atoms with Crippen molar-refractivity contribution in [1.82, 2.24) is 5.32 Å². The Hall–Kier alpha value is -2.10. The standard InChI is InChI=1S/C19H25BN2O3/c1-13-7-8-15(9-16(13)11-21)10-17(12-22-14(2)23)20-24-18(3,4)19(5,6)25-20/h7-10H,12H2,1-6H3,(H,22,23). The van der Waals surface area contributed by atoms with Crippen molar-refractivity contribution in [3.8, 4) is 6.07 Å². The molecule has 0 unspecified atom stereocenters. The maximum absolute atomic E-state index is 11.4. The van der Waals surface area contributed by atoms with Gasteiger partial charge in [-0.2, -0.15) is 5.26 Å². The van der Waals surface area contributed by atoms with E-state index in [9.17, 15) is 10.1 Å². The molecule has 0 radical (unpaired) electrons. The van der Waals surface area contributed by atoms with Crippen LogP contribution in [0.2, 0.25) is 0 Å². The third kappa shape index (κ3) is 4.30. The third-order valence-electron chi connectivity index (χ3n) is 4.83. The molecule has 1 amide bonds. The van der Waals surface area contributed by atoms with Crippen LogP contribution < -0.4 is 5.32 Å². The van der Waals surface area contributed by atoms with Crippen molar-refractivity contribution in [3.63, 3.8) is 0 Å². The Morgan fingerprint density at radius 1 is 1.28 bits per heavy atom. The van der Waals surface area contributed by atoms with Gasteiger partial charge in [0, 0.05) is 13.5 Å². The first kappa shape index (κ1) is 19.2. The minimum Gasteiger partial charge on any atom is -0.400 e. The van der Waals surface area contributed by atoms with Gasteiger partial charge in [0.1, 0.15) is 0 Å². The maximum Gasteiger partial charge on any atom is 0.492 e. The van der Waals surface area contributed by atoms with Crippen LogP contribution >= 0.6 is 0 Å². The number of nitrogens with one attached hydrogen (secondary N) is 1. The fourth-order valence-electron chi connectivity index (χ4n) is 2.49. The monoisotopic (exact) mass is 340 g/mol. The molecule has 1 saturated heterocycles. The van der Waals surface area contributed by atoms with Crippen molar-refractivity contribution in [2.75, 3.05) is 6.54 Å². The molecule has 1 aliphatic heterocycles. The predicted molar refractivity (Wildman–Crippen MR) is 98.6 cm³/mol. The van der Waals surface area contributed by atoms with Crippen LogP contribution in [0, 0.1) is 18.3 Å². The highest BCUT2D eigenvalue weighted by atomic mass is 16.7. The average Bonchev–Trinajstić information content (AvgIpc) is 2.73. The summed E-state index contributed by atoms with van der Waals surface area (Å²) in [7, 11) is -0.552. The molecule has 1 fully saturated rings. The molecule has 0 bridgehead atoms. The van der Waals surface area contributed by atoms with Gasteiger partial charge in [-0.25, -0.2) is 0 Å². The molecule has 0 aliphatic carbocycles. The van der Waals surface area contributed by atoms with Crippen LogP contribution in [0.25, 0.3) is 6.08 Å². The van der Waals surface area contributed by atoms with Gasteiger partial charge in [-0.05, 0) is 57.3 Å². The molecule has 0 spiro atoms. The summed E-state index contributed by atoms with van der Waals surface area (Å²) in [5.41, 5.74) is 2.31. The Kier molecular flexibility index (Phi) is 5.41. The van der Waals surface area contributed by atoms with E-state index in [1.165, 1.54) is 6.92 Å². The van der Waals surface area contributed by atoms with Gasteiger partial charge in [-0.15, -0.1) is 0 Å². The van der Waals surface area contributed by atoms with Crippen molar-refractivity contribution in [2.24, 2.45) is 0 Å². The predicted octanol–water partition coefficient (Wildman–Crippen LogP) is 3.02. The van der Waals surface area contributed by atoms with Crippen molar-refractivity contribution in [3.05, 3.63) is 40.4 Å². The Labute approximate surface area is 150 Å². The van der Waals surface area contributed by atoms with Gasteiger partial charge in [-0.3, -0.25) is 4.79 Å². The number of aryl methyl sites for hydroxylation is 1. The van der Waals surface area contributed by atoms with E-state index in [0.717, 1.165) is 16.6 Å². The number of nitriles is 1. The van der Waals surface area contributed by atoms with Crippen molar-refractivity contribution in [2.45, 2.75) is 52.7 Å². The van der Waals surface area contributed by atoms with E-state index in [-0.39, 0.29) is 5.91 Å². The Morgan fingerprint density at radius 2 is 1.88 bits per heavy atom. The second-order valence-corrected chi connectivity index (χ2v) is 7.40. The van der Waals surface area contributed by atoms with Gasteiger partial charge in [0.05, 0.1) is 22.8 Å². The quantitative estimate of drug-likeness (QED) is 0.856. The van der Waals surface area contributed by atoms with Crippen LogP contribution in [0.4, 0.5) is 0 Å². The minimum atomic E-state index is -0.552. The molecule has 1 aliphatic rings. The van der Waals surface area contributed by atoms with E-state index in [1.54, 1.807) is 0 Å². The largest absolute Gasteiger partial charge is 0.492 e. The lowest BCUT2D eigenvalue weighted by molar-refractivity contribution is -0.118. The number of hydrogen-bond acceptors (Lipinski definition) is 4. The second-order valence-electron chi connectivity index (χ2n) is 7.40. The molecule has 0 saturated carbocycles. The van der Waals surface area contributed by atoms with E-state index in [1.807, 2.05) is 58.9 Å². The molecule has 1 aromatic rings. The summed E-state index contributed by atoms with van der Waals surface area (Å²) in [4.78, 5) is 11.4. The molecule has 6 heteroatoms. The lowest BCUT2D eigenvalue weighted by atomic mass is 9.77. The number of amides is 1. The molecular formula is C19H25BN2O3. The first-order chi connectivity index (χ1) is 11.6. The SMILES string of the molecule is CC(=O)NCC(=Cc1ccc(C)c(C#N)c1)B1OC(C)(C)C(C)(C)O1. The zero-order chi connectivity index (χ0) is 18.8. The number of carbonyl (C=O) groups excluding carboxylic acids is 1. The van der Waals surface area contributed by atoms with E-state index in [0.29, 0.717) is 12.1 Å². The Balaban J connectivity index is 2.37. The lowest BCUT2D eigenvalue weighted by Crippen LogP contribution is -2.41. The van der Waals surface area contributed by atoms with Crippen LogP contribution in [0.15, 0.2) is 23.7 Å². The molecule has 132 valence electrons. The summed E-state index contributed by atoms with van der Waals surface area (Å²) in [6.45, 7) is 11.7. The summed E-state index contributed by atoms with van der Waals surface area (Å²) >= 11 is 0. The molecule has 5 nitrogen and oxygen atoms in total.